The lowest BCUT2D eigenvalue weighted by atomic mass is 10.1. The van der Waals surface area contributed by atoms with E-state index in [4.69, 9.17) is 9.72 Å². The first kappa shape index (κ1) is 22.7. The molecule has 33 heavy (non-hydrogen) atoms. The number of hydrogen-bond donors (Lipinski definition) is 1. The van der Waals surface area contributed by atoms with Crippen LogP contribution < -0.4 is 15.0 Å². The van der Waals surface area contributed by atoms with Crippen LogP contribution in [0.15, 0.2) is 54.7 Å². The summed E-state index contributed by atoms with van der Waals surface area (Å²) in [5, 5.41) is 2.91. The molecule has 1 saturated heterocycles. The molecule has 0 atom stereocenters. The number of halogens is 1. The van der Waals surface area contributed by atoms with Gasteiger partial charge in [0, 0.05) is 44.5 Å². The zero-order valence-electron chi connectivity index (χ0n) is 18.9. The molecule has 8 heteroatoms. The second-order valence-corrected chi connectivity index (χ2v) is 7.89. The molecule has 0 unspecified atom stereocenters. The van der Waals surface area contributed by atoms with Crippen LogP contribution in [0.3, 0.4) is 0 Å². The van der Waals surface area contributed by atoms with Crippen molar-refractivity contribution in [2.75, 3.05) is 44.7 Å². The molecule has 1 aliphatic rings. The molecule has 1 amide bonds. The summed E-state index contributed by atoms with van der Waals surface area (Å²) >= 11 is 0. The van der Waals surface area contributed by atoms with Crippen LogP contribution in [-0.2, 0) is 6.54 Å². The molecular formula is C25H28FN5O2. The van der Waals surface area contributed by atoms with Gasteiger partial charge >= 0.3 is 0 Å². The molecule has 2 aromatic carbocycles. The number of amides is 1. The van der Waals surface area contributed by atoms with Crippen LogP contribution in [0.1, 0.15) is 22.8 Å². The molecule has 1 aromatic heterocycles. The Morgan fingerprint density at radius 1 is 1.06 bits per heavy atom. The summed E-state index contributed by atoms with van der Waals surface area (Å²) < 4.78 is 18.4. The van der Waals surface area contributed by atoms with E-state index in [9.17, 15) is 9.18 Å². The van der Waals surface area contributed by atoms with Crippen LogP contribution in [0, 0.1) is 5.82 Å². The highest BCUT2D eigenvalue weighted by Crippen LogP contribution is 2.25. The Hall–Kier alpha value is -3.52. The predicted molar refractivity (Wildman–Crippen MR) is 126 cm³/mol. The van der Waals surface area contributed by atoms with Crippen LogP contribution in [0.5, 0.6) is 5.75 Å². The molecule has 0 radical (unpaired) electrons. The maximum Gasteiger partial charge on any atom is 0.256 e. The third kappa shape index (κ3) is 5.46. The lowest BCUT2D eigenvalue weighted by Gasteiger charge is -2.35. The van der Waals surface area contributed by atoms with Gasteiger partial charge in [-0.25, -0.2) is 14.4 Å². The molecule has 1 aliphatic heterocycles. The Morgan fingerprint density at radius 3 is 2.39 bits per heavy atom. The second-order valence-electron chi connectivity index (χ2n) is 7.89. The van der Waals surface area contributed by atoms with Crippen molar-refractivity contribution in [1.82, 2.24) is 20.2 Å². The highest BCUT2D eigenvalue weighted by Gasteiger charge is 2.24. The molecule has 3 aromatic rings. The lowest BCUT2D eigenvalue weighted by Crippen LogP contribution is -2.47. The number of nitrogens with one attached hydrogen (secondary N) is 1. The van der Waals surface area contributed by atoms with Gasteiger partial charge in [0.25, 0.3) is 5.91 Å². The summed E-state index contributed by atoms with van der Waals surface area (Å²) in [4.78, 5) is 26.9. The Labute approximate surface area is 193 Å². The number of rotatable bonds is 7. The van der Waals surface area contributed by atoms with Crippen LogP contribution in [0.2, 0.25) is 0 Å². The smallest absolute Gasteiger partial charge is 0.256 e. The minimum absolute atomic E-state index is 0.256. The number of ether oxygens (including phenoxy) is 1. The van der Waals surface area contributed by atoms with Gasteiger partial charge in [0.15, 0.2) is 5.82 Å². The third-order valence-corrected chi connectivity index (χ3v) is 5.85. The maximum atomic E-state index is 13.2. The van der Waals surface area contributed by atoms with Gasteiger partial charge in [-0.3, -0.25) is 4.79 Å². The second kappa shape index (κ2) is 10.4. The van der Waals surface area contributed by atoms with E-state index in [2.05, 4.69) is 27.0 Å². The van der Waals surface area contributed by atoms with Crippen molar-refractivity contribution in [3.63, 3.8) is 0 Å². The molecule has 1 fully saturated rings. The van der Waals surface area contributed by atoms with Crippen LogP contribution in [0.4, 0.5) is 10.2 Å². The van der Waals surface area contributed by atoms with Gasteiger partial charge in [-0.15, -0.1) is 0 Å². The van der Waals surface area contributed by atoms with Gasteiger partial charge in [-0.1, -0.05) is 19.1 Å². The zero-order valence-corrected chi connectivity index (χ0v) is 18.9. The Balaban J connectivity index is 1.60. The monoisotopic (exact) mass is 449 g/mol. The van der Waals surface area contributed by atoms with E-state index in [1.54, 1.807) is 25.4 Å². The molecule has 7 nitrogen and oxygen atoms in total. The molecule has 0 saturated carbocycles. The van der Waals surface area contributed by atoms with Crippen molar-refractivity contribution in [2.24, 2.45) is 0 Å². The largest absolute Gasteiger partial charge is 0.497 e. The number of likely N-dealkylation sites (N-methyl/N-ethyl adjacent to an activating group) is 1. The number of carbonyl (C=O) groups is 1. The van der Waals surface area contributed by atoms with Crippen molar-refractivity contribution in [3.05, 3.63) is 71.7 Å². The third-order valence-electron chi connectivity index (χ3n) is 5.85. The van der Waals surface area contributed by atoms with E-state index < -0.39 is 0 Å². The topological polar surface area (TPSA) is 70.6 Å². The van der Waals surface area contributed by atoms with Gasteiger partial charge in [-0.05, 0) is 48.5 Å². The fraction of sp³-hybridized carbons (Fsp3) is 0.320. The van der Waals surface area contributed by atoms with Gasteiger partial charge in [0.2, 0.25) is 0 Å². The number of nitrogens with zero attached hydrogens (tertiary/aromatic N) is 4. The van der Waals surface area contributed by atoms with Gasteiger partial charge < -0.3 is 19.9 Å². The molecule has 0 aliphatic carbocycles. The van der Waals surface area contributed by atoms with Gasteiger partial charge in [0.1, 0.15) is 22.9 Å². The van der Waals surface area contributed by atoms with E-state index in [0.717, 1.165) is 49.6 Å². The molecular weight excluding hydrogens is 421 g/mol. The summed E-state index contributed by atoms with van der Waals surface area (Å²) in [6.07, 6.45) is 1.59. The van der Waals surface area contributed by atoms with E-state index in [-0.39, 0.29) is 11.7 Å². The highest BCUT2D eigenvalue weighted by atomic mass is 19.1. The molecule has 4 rings (SSSR count). The SMILES string of the molecule is CCN1CCN(c2nc(-c3ccc(OC)cc3)ncc2C(=O)NCc2ccc(F)cc2)CC1. The first-order chi connectivity index (χ1) is 16.1. The Morgan fingerprint density at radius 2 is 1.76 bits per heavy atom. The summed E-state index contributed by atoms with van der Waals surface area (Å²) in [6.45, 7) is 6.83. The average molecular weight is 450 g/mol. The Bertz CT molecular complexity index is 1080. The van der Waals surface area contributed by atoms with E-state index >= 15 is 0 Å². The highest BCUT2D eigenvalue weighted by molar-refractivity contribution is 5.99. The molecule has 1 N–H and O–H groups in total. The number of aromatic nitrogens is 2. The molecule has 172 valence electrons. The van der Waals surface area contributed by atoms with Crippen LogP contribution in [0.25, 0.3) is 11.4 Å². The fourth-order valence-corrected chi connectivity index (χ4v) is 3.81. The number of hydrogen-bond acceptors (Lipinski definition) is 6. The number of piperazine rings is 1. The van der Waals surface area contributed by atoms with Crippen molar-refractivity contribution in [3.8, 4) is 17.1 Å². The minimum atomic E-state index is -0.305. The normalized spacial score (nSPS) is 14.2. The fourth-order valence-electron chi connectivity index (χ4n) is 3.81. The summed E-state index contributed by atoms with van der Waals surface area (Å²) in [6, 6.07) is 13.6. The first-order valence-corrected chi connectivity index (χ1v) is 11.1. The van der Waals surface area contributed by atoms with Crippen molar-refractivity contribution >= 4 is 11.7 Å². The molecule has 2 heterocycles. The summed E-state index contributed by atoms with van der Waals surface area (Å²) in [7, 11) is 1.62. The number of anilines is 1. The predicted octanol–water partition coefficient (Wildman–Crippen LogP) is 3.36. The zero-order chi connectivity index (χ0) is 23.2. The van der Waals surface area contributed by atoms with E-state index in [0.29, 0.717) is 23.8 Å². The first-order valence-electron chi connectivity index (χ1n) is 11.1. The molecule has 0 bridgehead atoms. The van der Waals surface area contributed by atoms with Crippen LogP contribution >= 0.6 is 0 Å². The minimum Gasteiger partial charge on any atom is -0.497 e. The lowest BCUT2D eigenvalue weighted by molar-refractivity contribution is 0.0950. The van der Waals surface area contributed by atoms with Crippen molar-refractivity contribution in [2.45, 2.75) is 13.5 Å². The summed E-state index contributed by atoms with van der Waals surface area (Å²) in [5.41, 5.74) is 2.10. The standard InChI is InChI=1S/C25H28FN5O2/c1-3-30-12-14-31(15-13-30)24-22(25(32)28-16-18-4-8-20(26)9-5-18)17-27-23(29-24)19-6-10-21(33-2)11-7-19/h4-11,17H,3,12-16H2,1-2H3,(H,28,32). The van der Waals surface area contributed by atoms with Crippen LogP contribution in [-0.4, -0.2) is 60.6 Å². The van der Waals surface area contributed by atoms with Crippen molar-refractivity contribution in [1.29, 1.82) is 0 Å². The molecule has 0 spiro atoms. The van der Waals surface area contributed by atoms with E-state index in [1.807, 2.05) is 24.3 Å². The van der Waals surface area contributed by atoms with Gasteiger partial charge in [-0.2, -0.15) is 0 Å². The van der Waals surface area contributed by atoms with Crippen molar-refractivity contribution < 1.29 is 13.9 Å². The maximum absolute atomic E-state index is 13.2. The van der Waals surface area contributed by atoms with E-state index in [1.165, 1.54) is 12.1 Å². The quantitative estimate of drug-likeness (QED) is 0.597. The number of methoxy groups -OCH3 is 1. The summed E-state index contributed by atoms with van der Waals surface area (Å²) in [5.74, 6) is 1.38. The average Bonchev–Trinajstić information content (AvgIpc) is 2.88. The number of carbonyl (C=O) groups excluding carboxylic acids is 1. The number of benzene rings is 2. The Kier molecular flexibility index (Phi) is 7.14. The van der Waals surface area contributed by atoms with Gasteiger partial charge in [0.05, 0.1) is 7.11 Å².